The number of aromatic nitrogens is 3. The number of hydrogen-bond acceptors (Lipinski definition) is 3. The molecule has 2 aromatic heterocycles. The second-order valence-corrected chi connectivity index (χ2v) is 15.3. The van der Waals surface area contributed by atoms with E-state index in [4.69, 9.17) is 4.98 Å². The molecule has 0 amide bonds. The molecule has 8 aromatic carbocycles. The summed E-state index contributed by atoms with van der Waals surface area (Å²) in [5.74, 6) is 0.864. The van der Waals surface area contributed by atoms with E-state index in [9.17, 15) is 0 Å². The molecule has 0 saturated heterocycles. The molecule has 12 rings (SSSR count). The van der Waals surface area contributed by atoms with E-state index in [1.165, 1.54) is 33.3 Å². The summed E-state index contributed by atoms with van der Waals surface area (Å²) in [7, 11) is 0. The largest absolute Gasteiger partial charge is 0.311 e. The summed E-state index contributed by atoms with van der Waals surface area (Å²) in [6, 6.07) is 72.5. The smallest absolute Gasteiger partial charge is 0.252 e. The van der Waals surface area contributed by atoms with Crippen LogP contribution in [0.2, 0.25) is 0 Å². The number of hydrogen-bond donors (Lipinski definition) is 0. The quantitative estimate of drug-likeness (QED) is 0.165. The van der Waals surface area contributed by atoms with Crippen LogP contribution in [-0.4, -0.2) is 20.7 Å². The van der Waals surface area contributed by atoms with E-state index >= 15 is 0 Å². The van der Waals surface area contributed by atoms with Crippen LogP contribution in [0.15, 0.2) is 200 Å². The lowest BCUT2D eigenvalue weighted by atomic mass is 9.33. The molecule has 0 saturated carbocycles. The number of imidazole rings is 2. The second-order valence-electron chi connectivity index (χ2n) is 15.3. The van der Waals surface area contributed by atoms with Crippen LogP contribution >= 0.6 is 0 Å². The highest BCUT2D eigenvalue weighted by Crippen LogP contribution is 2.46. The van der Waals surface area contributed by atoms with E-state index in [2.05, 4.69) is 226 Å². The van der Waals surface area contributed by atoms with Gasteiger partial charge in [-0.15, -0.1) is 0 Å². The average Bonchev–Trinajstić information content (AvgIpc) is 3.83. The molecule has 272 valence electrons. The van der Waals surface area contributed by atoms with E-state index in [0.29, 0.717) is 0 Å². The Morgan fingerprint density at radius 1 is 0.431 bits per heavy atom. The van der Waals surface area contributed by atoms with Crippen molar-refractivity contribution in [1.82, 2.24) is 14.0 Å². The number of rotatable bonds is 5. The highest BCUT2D eigenvalue weighted by molar-refractivity contribution is 7.00. The Bertz CT molecular complexity index is 3190. The number of nitrogens with zero attached hydrogens (tertiary/aromatic N) is 5. The summed E-state index contributed by atoms with van der Waals surface area (Å²) in [5, 5.41) is 0. The molecule has 4 heterocycles. The number of benzene rings is 8. The Balaban J connectivity index is 1.23. The lowest BCUT2D eigenvalue weighted by molar-refractivity contribution is 1.10. The maximum atomic E-state index is 5.60. The van der Waals surface area contributed by atoms with Gasteiger partial charge in [0, 0.05) is 45.3 Å². The van der Waals surface area contributed by atoms with Gasteiger partial charge in [-0.3, -0.25) is 8.97 Å². The Morgan fingerprint density at radius 2 is 0.931 bits per heavy atom. The standard InChI is InChI=1S/C52H36BN5/c1-35-29-31-39(32-30-35)56-44-26-14-12-24-42(44)53-41-23-11-13-25-43(41)55(38-21-9-4-10-22-38)47-33-40(34-48(56)49(47)53)57-45-27-15-16-28-46(45)58-51(37-19-7-3-8-20-37)50(54-52(57)58)36-17-5-2-6-18-36/h2-34H,1H3. The van der Waals surface area contributed by atoms with Gasteiger partial charge in [0.1, 0.15) is 0 Å². The van der Waals surface area contributed by atoms with Gasteiger partial charge in [0.15, 0.2) is 0 Å². The van der Waals surface area contributed by atoms with Crippen molar-refractivity contribution in [3.63, 3.8) is 0 Å². The first-order chi connectivity index (χ1) is 28.7. The molecule has 0 atom stereocenters. The molecular formula is C52H36BN5. The van der Waals surface area contributed by atoms with Crippen LogP contribution in [0.4, 0.5) is 34.1 Å². The van der Waals surface area contributed by atoms with E-state index < -0.39 is 0 Å². The third kappa shape index (κ3) is 4.75. The maximum Gasteiger partial charge on any atom is 0.252 e. The minimum Gasteiger partial charge on any atom is -0.311 e. The summed E-state index contributed by atoms with van der Waals surface area (Å²) in [5.41, 5.74) is 19.5. The molecule has 0 unspecified atom stereocenters. The van der Waals surface area contributed by atoms with E-state index in [1.54, 1.807) is 0 Å². The number of aryl methyl sites for hydroxylation is 1. The minimum absolute atomic E-state index is 0.0373. The van der Waals surface area contributed by atoms with Crippen LogP contribution < -0.4 is 26.2 Å². The highest BCUT2D eigenvalue weighted by atomic mass is 15.2. The molecular weight excluding hydrogens is 705 g/mol. The van der Waals surface area contributed by atoms with Gasteiger partial charge in [-0.05, 0) is 84.0 Å². The Hall–Kier alpha value is -7.57. The van der Waals surface area contributed by atoms with Gasteiger partial charge in [-0.1, -0.05) is 145 Å². The first-order valence-electron chi connectivity index (χ1n) is 19.9. The molecule has 0 radical (unpaired) electrons. The first-order valence-corrected chi connectivity index (χ1v) is 19.9. The predicted molar refractivity (Wildman–Crippen MR) is 242 cm³/mol. The highest BCUT2D eigenvalue weighted by Gasteiger charge is 2.43. The molecule has 10 aromatic rings. The Kier molecular flexibility index (Phi) is 7.17. The SMILES string of the molecule is Cc1ccc(N2c3ccccc3B3c4ccccc4N(c4ccccc4)c4cc(-n5c6ccccc6n6c(-c7ccccc7)c(-c7ccccc7)nc56)cc2c43)cc1. The fourth-order valence-electron chi connectivity index (χ4n) is 9.49. The van der Waals surface area contributed by atoms with Crippen molar-refractivity contribution >= 4 is 74.0 Å². The summed E-state index contributed by atoms with van der Waals surface area (Å²) in [4.78, 5) is 10.5. The molecule has 5 nitrogen and oxygen atoms in total. The van der Waals surface area contributed by atoms with Crippen LogP contribution in [0.3, 0.4) is 0 Å². The third-order valence-electron chi connectivity index (χ3n) is 12.0. The molecule has 0 fully saturated rings. The molecule has 2 aliphatic heterocycles. The lowest BCUT2D eigenvalue weighted by Gasteiger charge is -2.44. The third-order valence-corrected chi connectivity index (χ3v) is 12.0. The summed E-state index contributed by atoms with van der Waals surface area (Å²) < 4.78 is 4.73. The molecule has 2 aliphatic rings. The maximum absolute atomic E-state index is 5.60. The molecule has 0 N–H and O–H groups in total. The van der Waals surface area contributed by atoms with Crippen LogP contribution in [0.25, 0.3) is 45.0 Å². The van der Waals surface area contributed by atoms with Gasteiger partial charge in [0.2, 0.25) is 5.78 Å². The van der Waals surface area contributed by atoms with Crippen LogP contribution in [0.5, 0.6) is 0 Å². The minimum atomic E-state index is 0.0373. The van der Waals surface area contributed by atoms with E-state index in [-0.39, 0.29) is 6.71 Å². The molecule has 6 heteroatoms. The second kappa shape index (κ2) is 12.7. The molecule has 0 aliphatic carbocycles. The summed E-state index contributed by atoms with van der Waals surface area (Å²) >= 11 is 0. The zero-order valence-electron chi connectivity index (χ0n) is 31.9. The number of para-hydroxylation sites is 5. The van der Waals surface area contributed by atoms with Crippen LogP contribution in [-0.2, 0) is 0 Å². The fourth-order valence-corrected chi connectivity index (χ4v) is 9.49. The van der Waals surface area contributed by atoms with Crippen molar-refractivity contribution in [3.8, 4) is 28.2 Å². The lowest BCUT2D eigenvalue weighted by Crippen LogP contribution is -2.61. The van der Waals surface area contributed by atoms with Crippen molar-refractivity contribution < 1.29 is 0 Å². The topological polar surface area (TPSA) is 28.7 Å². The number of fused-ring (bicyclic) bond motifs is 7. The van der Waals surface area contributed by atoms with Crippen molar-refractivity contribution in [1.29, 1.82) is 0 Å². The zero-order chi connectivity index (χ0) is 38.3. The van der Waals surface area contributed by atoms with Crippen LogP contribution in [0.1, 0.15) is 5.56 Å². The van der Waals surface area contributed by atoms with Gasteiger partial charge >= 0.3 is 0 Å². The first kappa shape index (κ1) is 32.7. The van der Waals surface area contributed by atoms with Gasteiger partial charge in [-0.2, -0.15) is 0 Å². The predicted octanol–water partition coefficient (Wildman–Crippen LogP) is 11.0. The van der Waals surface area contributed by atoms with Gasteiger partial charge in [-0.25, -0.2) is 4.98 Å². The summed E-state index contributed by atoms with van der Waals surface area (Å²) in [6.45, 7) is 2.19. The van der Waals surface area contributed by atoms with Crippen molar-refractivity contribution in [2.24, 2.45) is 0 Å². The van der Waals surface area contributed by atoms with Gasteiger partial charge in [0.25, 0.3) is 6.71 Å². The average molecular weight is 742 g/mol. The Labute approximate surface area is 337 Å². The fraction of sp³-hybridized carbons (Fsp3) is 0.0192. The monoisotopic (exact) mass is 741 g/mol. The van der Waals surface area contributed by atoms with Crippen molar-refractivity contribution in [2.75, 3.05) is 9.80 Å². The van der Waals surface area contributed by atoms with E-state index in [0.717, 1.165) is 67.8 Å². The van der Waals surface area contributed by atoms with Crippen molar-refractivity contribution in [3.05, 3.63) is 206 Å². The van der Waals surface area contributed by atoms with Crippen molar-refractivity contribution in [2.45, 2.75) is 6.92 Å². The van der Waals surface area contributed by atoms with Gasteiger partial charge in [0.05, 0.1) is 28.1 Å². The number of anilines is 6. The Morgan fingerprint density at radius 3 is 1.55 bits per heavy atom. The molecule has 58 heavy (non-hydrogen) atoms. The van der Waals surface area contributed by atoms with Crippen LogP contribution in [0, 0.1) is 6.92 Å². The summed E-state index contributed by atoms with van der Waals surface area (Å²) in [6.07, 6.45) is 0. The zero-order valence-corrected chi connectivity index (χ0v) is 31.9. The van der Waals surface area contributed by atoms with E-state index in [1.807, 2.05) is 0 Å². The van der Waals surface area contributed by atoms with Gasteiger partial charge < -0.3 is 9.80 Å². The molecule has 0 spiro atoms. The normalized spacial score (nSPS) is 12.8. The molecule has 0 bridgehead atoms.